The Labute approximate surface area is 79.0 Å². The first-order valence-corrected chi connectivity index (χ1v) is 3.71. The number of amides is 1. The minimum atomic E-state index is -0.915. The predicted octanol–water partition coefficient (Wildman–Crippen LogP) is 1.20. The second kappa shape index (κ2) is 3.83. The lowest BCUT2D eigenvalue weighted by atomic mass is 10.1. The van der Waals surface area contributed by atoms with E-state index in [9.17, 15) is 13.6 Å². The topological polar surface area (TPSA) is 52.9 Å². The molecule has 72 valence electrons. The SMILES string of the molecule is CNC(=O)c1cc(F)c(C#N)cc1F. The molecular formula is C9H6F2N2O. The summed E-state index contributed by atoms with van der Waals surface area (Å²) in [5.41, 5.74) is -0.834. The summed E-state index contributed by atoms with van der Waals surface area (Å²) in [5, 5.41) is 10.5. The Morgan fingerprint density at radius 1 is 1.43 bits per heavy atom. The third kappa shape index (κ3) is 1.69. The van der Waals surface area contributed by atoms with Crippen molar-refractivity contribution in [2.45, 2.75) is 0 Å². The van der Waals surface area contributed by atoms with Gasteiger partial charge < -0.3 is 5.32 Å². The van der Waals surface area contributed by atoms with Crippen molar-refractivity contribution in [3.63, 3.8) is 0 Å². The smallest absolute Gasteiger partial charge is 0.254 e. The van der Waals surface area contributed by atoms with Crippen molar-refractivity contribution in [1.29, 1.82) is 5.26 Å². The van der Waals surface area contributed by atoms with Crippen molar-refractivity contribution in [3.8, 4) is 6.07 Å². The summed E-state index contributed by atoms with van der Waals surface area (Å²) in [6.07, 6.45) is 0. The van der Waals surface area contributed by atoms with E-state index >= 15 is 0 Å². The Morgan fingerprint density at radius 3 is 2.57 bits per heavy atom. The lowest BCUT2D eigenvalue weighted by Gasteiger charge is -2.02. The van der Waals surface area contributed by atoms with Crippen molar-refractivity contribution in [3.05, 3.63) is 34.9 Å². The molecule has 1 amide bonds. The minimum absolute atomic E-state index is 0.413. The van der Waals surface area contributed by atoms with Gasteiger partial charge in [0.2, 0.25) is 0 Å². The Bertz CT molecular complexity index is 424. The summed E-state index contributed by atoms with van der Waals surface area (Å²) in [7, 11) is 1.30. The van der Waals surface area contributed by atoms with E-state index in [4.69, 9.17) is 5.26 Å². The fraction of sp³-hybridized carbons (Fsp3) is 0.111. The van der Waals surface area contributed by atoms with Gasteiger partial charge in [-0.25, -0.2) is 8.78 Å². The number of nitrogens with one attached hydrogen (secondary N) is 1. The Morgan fingerprint density at radius 2 is 2.07 bits per heavy atom. The zero-order chi connectivity index (χ0) is 10.7. The van der Waals surface area contributed by atoms with E-state index in [0.29, 0.717) is 12.1 Å². The first-order chi connectivity index (χ1) is 6.60. The van der Waals surface area contributed by atoms with E-state index in [1.807, 2.05) is 0 Å². The fourth-order valence-corrected chi connectivity index (χ4v) is 0.941. The van der Waals surface area contributed by atoms with Crippen LogP contribution in [-0.4, -0.2) is 13.0 Å². The van der Waals surface area contributed by atoms with E-state index in [1.165, 1.54) is 13.1 Å². The molecule has 0 aliphatic carbocycles. The van der Waals surface area contributed by atoms with Gasteiger partial charge in [0.1, 0.15) is 17.7 Å². The van der Waals surface area contributed by atoms with E-state index < -0.39 is 28.7 Å². The summed E-state index contributed by atoms with van der Waals surface area (Å²) >= 11 is 0. The number of nitrogens with zero attached hydrogens (tertiary/aromatic N) is 1. The van der Waals surface area contributed by atoms with Gasteiger partial charge in [-0.05, 0) is 12.1 Å². The molecule has 0 fully saturated rings. The maximum Gasteiger partial charge on any atom is 0.254 e. The van der Waals surface area contributed by atoms with Crippen LogP contribution in [0.2, 0.25) is 0 Å². The number of hydrogen-bond donors (Lipinski definition) is 1. The summed E-state index contributed by atoms with van der Waals surface area (Å²) in [6.45, 7) is 0. The Balaban J connectivity index is 3.30. The Kier molecular flexibility index (Phi) is 2.77. The van der Waals surface area contributed by atoms with Crippen LogP contribution < -0.4 is 5.32 Å². The molecule has 1 rings (SSSR count). The largest absolute Gasteiger partial charge is 0.355 e. The zero-order valence-electron chi connectivity index (χ0n) is 7.27. The quantitative estimate of drug-likeness (QED) is 0.733. The van der Waals surface area contributed by atoms with Crippen LogP contribution in [0.3, 0.4) is 0 Å². The van der Waals surface area contributed by atoms with Gasteiger partial charge in [0.15, 0.2) is 0 Å². The first kappa shape index (κ1) is 10.1. The molecule has 0 aliphatic rings. The number of halogens is 2. The second-order valence-corrected chi connectivity index (χ2v) is 2.50. The van der Waals surface area contributed by atoms with Crippen molar-refractivity contribution in [2.75, 3.05) is 7.05 Å². The van der Waals surface area contributed by atoms with Gasteiger partial charge in [0.05, 0.1) is 11.1 Å². The maximum absolute atomic E-state index is 13.1. The van der Waals surface area contributed by atoms with Crippen LogP contribution in [0, 0.1) is 23.0 Å². The van der Waals surface area contributed by atoms with Crippen molar-refractivity contribution < 1.29 is 13.6 Å². The van der Waals surface area contributed by atoms with Crippen LogP contribution in [0.1, 0.15) is 15.9 Å². The highest BCUT2D eigenvalue weighted by atomic mass is 19.1. The Hall–Kier alpha value is -1.96. The van der Waals surface area contributed by atoms with Crippen molar-refractivity contribution in [2.24, 2.45) is 0 Å². The molecular weight excluding hydrogens is 190 g/mol. The van der Waals surface area contributed by atoms with Crippen molar-refractivity contribution >= 4 is 5.91 Å². The number of carbonyl (C=O) groups is 1. The molecule has 0 unspecified atom stereocenters. The predicted molar refractivity (Wildman–Crippen MR) is 44.5 cm³/mol. The highest BCUT2D eigenvalue weighted by Gasteiger charge is 2.14. The molecule has 1 aromatic carbocycles. The molecule has 0 saturated heterocycles. The van der Waals surface area contributed by atoms with Gasteiger partial charge in [-0.15, -0.1) is 0 Å². The summed E-state index contributed by atoms with van der Waals surface area (Å²) in [6, 6.07) is 2.87. The molecule has 0 radical (unpaired) electrons. The molecule has 1 aromatic rings. The van der Waals surface area contributed by atoms with Crippen LogP contribution in [0.4, 0.5) is 8.78 Å². The maximum atomic E-state index is 13.1. The summed E-state index contributed by atoms with van der Waals surface area (Å²) < 4.78 is 26.0. The molecule has 0 bridgehead atoms. The van der Waals surface area contributed by atoms with E-state index in [0.717, 1.165) is 0 Å². The molecule has 0 atom stereocenters. The normalized spacial score (nSPS) is 9.29. The molecule has 0 spiro atoms. The van der Waals surface area contributed by atoms with Crippen LogP contribution >= 0.6 is 0 Å². The summed E-state index contributed by atoms with van der Waals surface area (Å²) in [5.74, 6) is -2.55. The van der Waals surface area contributed by atoms with Gasteiger partial charge in [0.25, 0.3) is 5.91 Å². The monoisotopic (exact) mass is 196 g/mol. The molecule has 5 heteroatoms. The molecule has 0 aromatic heterocycles. The average Bonchev–Trinajstić information content (AvgIpc) is 2.19. The van der Waals surface area contributed by atoms with Crippen LogP contribution in [0.25, 0.3) is 0 Å². The number of rotatable bonds is 1. The second-order valence-electron chi connectivity index (χ2n) is 2.50. The highest BCUT2D eigenvalue weighted by Crippen LogP contribution is 2.13. The zero-order valence-corrected chi connectivity index (χ0v) is 7.27. The van der Waals surface area contributed by atoms with Gasteiger partial charge in [-0.3, -0.25) is 4.79 Å². The van der Waals surface area contributed by atoms with E-state index in [2.05, 4.69) is 5.32 Å². The van der Waals surface area contributed by atoms with Gasteiger partial charge in [-0.2, -0.15) is 5.26 Å². The number of nitriles is 1. The van der Waals surface area contributed by atoms with Gasteiger partial charge in [-0.1, -0.05) is 0 Å². The van der Waals surface area contributed by atoms with Gasteiger partial charge in [0, 0.05) is 7.05 Å². The lowest BCUT2D eigenvalue weighted by molar-refractivity contribution is 0.0958. The van der Waals surface area contributed by atoms with Crippen LogP contribution in [-0.2, 0) is 0 Å². The standard InChI is InChI=1S/C9H6F2N2O/c1-13-9(14)6-3-7(10)5(4-12)2-8(6)11/h2-3H,1H3,(H,13,14). The summed E-state index contributed by atoms with van der Waals surface area (Å²) in [4.78, 5) is 11.0. The van der Waals surface area contributed by atoms with Crippen molar-refractivity contribution in [1.82, 2.24) is 5.32 Å². The fourth-order valence-electron chi connectivity index (χ4n) is 0.941. The lowest BCUT2D eigenvalue weighted by Crippen LogP contribution is -2.19. The van der Waals surface area contributed by atoms with Gasteiger partial charge >= 0.3 is 0 Å². The molecule has 0 saturated carbocycles. The molecule has 14 heavy (non-hydrogen) atoms. The number of carbonyl (C=O) groups excluding carboxylic acids is 1. The van der Waals surface area contributed by atoms with E-state index in [1.54, 1.807) is 0 Å². The highest BCUT2D eigenvalue weighted by molar-refractivity contribution is 5.94. The third-order valence-electron chi connectivity index (χ3n) is 1.65. The molecule has 1 N–H and O–H groups in total. The third-order valence-corrected chi connectivity index (χ3v) is 1.65. The van der Waals surface area contributed by atoms with Crippen LogP contribution in [0.5, 0.6) is 0 Å². The molecule has 0 aliphatic heterocycles. The first-order valence-electron chi connectivity index (χ1n) is 3.71. The van der Waals surface area contributed by atoms with E-state index in [-0.39, 0.29) is 0 Å². The molecule has 0 heterocycles. The minimum Gasteiger partial charge on any atom is -0.355 e. The number of hydrogen-bond acceptors (Lipinski definition) is 2. The molecule has 3 nitrogen and oxygen atoms in total. The van der Waals surface area contributed by atoms with Crippen LogP contribution in [0.15, 0.2) is 12.1 Å². The average molecular weight is 196 g/mol. The number of benzene rings is 1.